The number of thioether (sulfide) groups is 1. The number of carbonyl (C=O) groups is 1. The van der Waals surface area contributed by atoms with Crippen LogP contribution in [0.3, 0.4) is 0 Å². The quantitative estimate of drug-likeness (QED) is 0.741. The number of phenols is 1. The molecule has 0 bridgehead atoms. The lowest BCUT2D eigenvalue weighted by Gasteiger charge is -2.35. The number of rotatable bonds is 6. The summed E-state index contributed by atoms with van der Waals surface area (Å²) >= 11 is 2.02. The Morgan fingerprint density at radius 3 is 2.47 bits per heavy atom. The van der Waals surface area contributed by atoms with Crippen molar-refractivity contribution in [2.24, 2.45) is 0 Å². The molecule has 30 heavy (non-hydrogen) atoms. The molecule has 2 aromatic carbocycles. The van der Waals surface area contributed by atoms with Crippen molar-refractivity contribution in [1.29, 1.82) is 0 Å². The first-order valence-electron chi connectivity index (χ1n) is 10.6. The van der Waals surface area contributed by atoms with E-state index in [2.05, 4.69) is 32.1 Å². The van der Waals surface area contributed by atoms with Crippen LogP contribution in [0, 0.1) is 0 Å². The summed E-state index contributed by atoms with van der Waals surface area (Å²) in [5, 5.41) is 13.1. The van der Waals surface area contributed by atoms with Gasteiger partial charge < -0.3 is 15.3 Å². The zero-order chi connectivity index (χ0) is 20.8. The van der Waals surface area contributed by atoms with Gasteiger partial charge in [-0.15, -0.1) is 0 Å². The van der Waals surface area contributed by atoms with Crippen molar-refractivity contribution in [3.8, 4) is 5.75 Å². The molecular formula is C23H30N4O2S. The Hall–Kier alpha value is -2.22. The van der Waals surface area contributed by atoms with Gasteiger partial charge in [-0.1, -0.05) is 24.3 Å². The lowest BCUT2D eigenvalue weighted by molar-refractivity contribution is -0.117. The summed E-state index contributed by atoms with van der Waals surface area (Å²) in [6.45, 7) is 6.80. The maximum Gasteiger partial charge on any atom is 0.238 e. The number of benzene rings is 2. The Kier molecular flexibility index (Phi) is 7.15. The van der Waals surface area contributed by atoms with Gasteiger partial charge in [0.25, 0.3) is 0 Å². The minimum Gasteiger partial charge on any atom is -0.506 e. The fraction of sp³-hybridized carbons (Fsp3) is 0.435. The molecule has 0 aliphatic carbocycles. The zero-order valence-electron chi connectivity index (χ0n) is 17.3. The molecule has 2 heterocycles. The van der Waals surface area contributed by atoms with Gasteiger partial charge in [-0.3, -0.25) is 14.6 Å². The number of phenolic OH excluding ortho intramolecular Hbond substituents is 1. The molecule has 1 amide bonds. The normalized spacial score (nSPS) is 18.3. The van der Waals surface area contributed by atoms with E-state index in [1.165, 1.54) is 17.1 Å². The number of carbonyl (C=O) groups excluding carboxylic acids is 1. The van der Waals surface area contributed by atoms with E-state index >= 15 is 0 Å². The number of hydrogen-bond donors (Lipinski definition) is 2. The highest BCUT2D eigenvalue weighted by atomic mass is 32.2. The van der Waals surface area contributed by atoms with Gasteiger partial charge in [-0.05, 0) is 29.8 Å². The largest absolute Gasteiger partial charge is 0.506 e. The van der Waals surface area contributed by atoms with Crippen LogP contribution in [-0.2, 0) is 11.3 Å². The maximum atomic E-state index is 12.6. The highest BCUT2D eigenvalue weighted by Crippen LogP contribution is 2.27. The van der Waals surface area contributed by atoms with Crippen molar-refractivity contribution in [2.45, 2.75) is 6.54 Å². The first-order chi connectivity index (χ1) is 14.7. The van der Waals surface area contributed by atoms with Crippen LogP contribution in [0.2, 0.25) is 0 Å². The molecule has 0 radical (unpaired) electrons. The summed E-state index contributed by atoms with van der Waals surface area (Å²) in [6, 6.07) is 15.6. The van der Waals surface area contributed by atoms with E-state index < -0.39 is 0 Å². The number of nitrogens with zero attached hydrogens (tertiary/aromatic N) is 3. The second-order valence-corrected chi connectivity index (χ2v) is 9.11. The van der Waals surface area contributed by atoms with Crippen LogP contribution in [0.4, 0.5) is 11.4 Å². The molecule has 2 N–H and O–H groups in total. The number of amides is 1. The van der Waals surface area contributed by atoms with Gasteiger partial charge in [-0.25, -0.2) is 0 Å². The standard InChI is InChI=1S/C23H30N4O2S/c28-22-7-2-1-6-21(22)27-10-8-25(9-11-27)18-23(29)24-20-5-3-4-19(16-20)17-26-12-14-30-15-13-26/h1-7,16,28H,8-15,17-18H2,(H,24,29). The third-order valence-corrected chi connectivity index (χ3v) is 6.63. The number of hydrogen-bond acceptors (Lipinski definition) is 6. The molecule has 2 saturated heterocycles. The van der Waals surface area contributed by atoms with Gasteiger partial charge >= 0.3 is 0 Å². The van der Waals surface area contributed by atoms with E-state index in [-0.39, 0.29) is 5.91 Å². The summed E-state index contributed by atoms with van der Waals surface area (Å²) < 4.78 is 0. The molecule has 0 spiro atoms. The third kappa shape index (κ3) is 5.68. The van der Waals surface area contributed by atoms with Crippen LogP contribution in [0.5, 0.6) is 5.75 Å². The average Bonchev–Trinajstić information content (AvgIpc) is 2.76. The van der Waals surface area contributed by atoms with Gasteiger partial charge in [0.05, 0.1) is 12.2 Å². The minimum atomic E-state index is 0.0255. The van der Waals surface area contributed by atoms with Crippen molar-refractivity contribution >= 4 is 29.0 Å². The van der Waals surface area contributed by atoms with Gasteiger partial charge in [0, 0.05) is 63.0 Å². The number of aromatic hydroxyl groups is 1. The van der Waals surface area contributed by atoms with E-state index in [4.69, 9.17) is 0 Å². The molecule has 2 fully saturated rings. The molecule has 6 nitrogen and oxygen atoms in total. The predicted octanol–water partition coefficient (Wildman–Crippen LogP) is 2.70. The first kappa shape index (κ1) is 21.0. The van der Waals surface area contributed by atoms with E-state index in [1.54, 1.807) is 6.07 Å². The fourth-order valence-corrected chi connectivity index (χ4v) is 5.03. The summed E-state index contributed by atoms with van der Waals surface area (Å²) in [5.74, 6) is 2.74. The molecule has 2 aromatic rings. The van der Waals surface area contributed by atoms with Crippen LogP contribution in [0.15, 0.2) is 48.5 Å². The van der Waals surface area contributed by atoms with Gasteiger partial charge in [0.2, 0.25) is 5.91 Å². The molecule has 160 valence electrons. The number of anilines is 2. The topological polar surface area (TPSA) is 59.1 Å². The molecular weight excluding hydrogens is 396 g/mol. The Labute approximate surface area is 182 Å². The summed E-state index contributed by atoms with van der Waals surface area (Å²) in [6.07, 6.45) is 0. The molecule has 2 aliphatic rings. The summed E-state index contributed by atoms with van der Waals surface area (Å²) in [7, 11) is 0. The average molecular weight is 427 g/mol. The maximum absolute atomic E-state index is 12.6. The SMILES string of the molecule is O=C(CN1CCN(c2ccccc2O)CC1)Nc1cccc(CN2CCSCC2)c1. The molecule has 7 heteroatoms. The predicted molar refractivity (Wildman–Crippen MR) is 124 cm³/mol. The lowest BCUT2D eigenvalue weighted by Crippen LogP contribution is -2.48. The smallest absolute Gasteiger partial charge is 0.238 e. The molecule has 0 atom stereocenters. The van der Waals surface area contributed by atoms with Crippen molar-refractivity contribution in [3.05, 3.63) is 54.1 Å². The Balaban J connectivity index is 1.25. The second-order valence-electron chi connectivity index (χ2n) is 7.89. The lowest BCUT2D eigenvalue weighted by atomic mass is 10.2. The van der Waals surface area contributed by atoms with Crippen LogP contribution in [0.1, 0.15) is 5.56 Å². The molecule has 4 rings (SSSR count). The Morgan fingerprint density at radius 2 is 1.70 bits per heavy atom. The highest BCUT2D eigenvalue weighted by Gasteiger charge is 2.21. The van der Waals surface area contributed by atoms with Crippen molar-refractivity contribution in [3.63, 3.8) is 0 Å². The first-order valence-corrected chi connectivity index (χ1v) is 11.8. The van der Waals surface area contributed by atoms with Crippen molar-refractivity contribution in [1.82, 2.24) is 9.80 Å². The molecule has 2 aliphatic heterocycles. The minimum absolute atomic E-state index is 0.0255. The van der Waals surface area contributed by atoms with E-state index in [1.807, 2.05) is 42.1 Å². The van der Waals surface area contributed by atoms with Crippen molar-refractivity contribution < 1.29 is 9.90 Å². The van der Waals surface area contributed by atoms with Gasteiger partial charge in [-0.2, -0.15) is 11.8 Å². The monoisotopic (exact) mass is 426 g/mol. The van der Waals surface area contributed by atoms with Crippen LogP contribution in [-0.4, -0.2) is 78.1 Å². The van der Waals surface area contributed by atoms with Gasteiger partial charge in [0.15, 0.2) is 0 Å². The zero-order valence-corrected chi connectivity index (χ0v) is 18.1. The molecule has 0 saturated carbocycles. The molecule has 0 unspecified atom stereocenters. The van der Waals surface area contributed by atoms with Crippen LogP contribution < -0.4 is 10.2 Å². The van der Waals surface area contributed by atoms with E-state index in [0.717, 1.165) is 57.2 Å². The number of nitrogens with one attached hydrogen (secondary N) is 1. The third-order valence-electron chi connectivity index (χ3n) is 5.68. The van der Waals surface area contributed by atoms with Crippen LogP contribution >= 0.6 is 11.8 Å². The van der Waals surface area contributed by atoms with Crippen molar-refractivity contribution in [2.75, 3.05) is 67.5 Å². The van der Waals surface area contributed by atoms with Crippen LogP contribution in [0.25, 0.3) is 0 Å². The summed E-state index contributed by atoms with van der Waals surface area (Å²) in [4.78, 5) is 19.4. The van der Waals surface area contributed by atoms with E-state index in [0.29, 0.717) is 12.3 Å². The molecule has 0 aromatic heterocycles. The fourth-order valence-electron chi connectivity index (χ4n) is 4.05. The van der Waals surface area contributed by atoms with E-state index in [9.17, 15) is 9.90 Å². The highest BCUT2D eigenvalue weighted by molar-refractivity contribution is 7.99. The summed E-state index contributed by atoms with van der Waals surface area (Å²) in [5.41, 5.74) is 2.98. The number of piperazine rings is 1. The Morgan fingerprint density at radius 1 is 0.933 bits per heavy atom. The van der Waals surface area contributed by atoms with Gasteiger partial charge in [0.1, 0.15) is 5.75 Å². The number of para-hydroxylation sites is 2. The Bertz CT molecular complexity index is 849. The second kappa shape index (κ2) is 10.2.